The number of nitrogens with zero attached hydrogens (tertiary/aromatic N) is 1. The van der Waals surface area contributed by atoms with E-state index in [-0.39, 0.29) is 0 Å². The van der Waals surface area contributed by atoms with Gasteiger partial charge < -0.3 is 0 Å². The zero-order valence-corrected chi connectivity index (χ0v) is 12.8. The molecule has 1 aliphatic rings. The maximum absolute atomic E-state index is 13.6. The molecular formula is C17H20FNS. The van der Waals surface area contributed by atoms with Gasteiger partial charge in [0.2, 0.25) is 0 Å². The topological polar surface area (TPSA) is 12.9 Å². The van der Waals surface area contributed by atoms with Crippen LogP contribution in [0.1, 0.15) is 61.0 Å². The van der Waals surface area contributed by atoms with Crippen LogP contribution in [-0.2, 0) is 0 Å². The van der Waals surface area contributed by atoms with Crippen LogP contribution in [0.2, 0.25) is 0 Å². The van der Waals surface area contributed by atoms with Crippen molar-refractivity contribution in [3.05, 3.63) is 40.5 Å². The highest BCUT2D eigenvalue weighted by molar-refractivity contribution is 7.15. The number of thiazole rings is 1. The van der Waals surface area contributed by atoms with Crippen LogP contribution in [0.4, 0.5) is 4.39 Å². The molecule has 106 valence electrons. The molecule has 0 spiro atoms. The van der Waals surface area contributed by atoms with E-state index in [1.54, 1.807) is 6.92 Å². The van der Waals surface area contributed by atoms with Crippen molar-refractivity contribution in [1.29, 1.82) is 0 Å². The third-order valence-corrected chi connectivity index (χ3v) is 5.34. The summed E-state index contributed by atoms with van der Waals surface area (Å²) in [6.45, 7) is 3.67. The fourth-order valence-electron chi connectivity index (χ4n) is 2.91. The molecule has 1 fully saturated rings. The molecule has 1 saturated carbocycles. The maximum Gasteiger partial charge on any atom is 0.149 e. The average molecular weight is 289 g/mol. The van der Waals surface area contributed by atoms with Crippen molar-refractivity contribution < 1.29 is 4.39 Å². The normalized spacial score (nSPS) is 17.6. The highest BCUT2D eigenvalue weighted by Gasteiger charge is 2.25. The molecule has 1 heterocycles. The van der Waals surface area contributed by atoms with Gasteiger partial charge >= 0.3 is 0 Å². The lowest BCUT2D eigenvalue weighted by Crippen LogP contribution is -1.96. The van der Waals surface area contributed by atoms with Gasteiger partial charge in [-0.2, -0.15) is 0 Å². The van der Waals surface area contributed by atoms with E-state index in [4.69, 9.17) is 0 Å². The number of alkyl halides is 1. The second-order valence-electron chi connectivity index (χ2n) is 5.73. The minimum Gasteiger partial charge on any atom is -0.242 e. The van der Waals surface area contributed by atoms with Gasteiger partial charge in [-0.25, -0.2) is 9.37 Å². The summed E-state index contributed by atoms with van der Waals surface area (Å²) in [5.41, 5.74) is 3.57. The molecule has 1 aliphatic carbocycles. The molecule has 1 aromatic carbocycles. The largest absolute Gasteiger partial charge is 0.242 e. The lowest BCUT2D eigenvalue weighted by atomic mass is 10.00. The number of hydrogen-bond donors (Lipinski definition) is 0. The molecule has 1 unspecified atom stereocenters. The highest BCUT2D eigenvalue weighted by atomic mass is 32.1. The summed E-state index contributed by atoms with van der Waals surface area (Å²) in [7, 11) is 0. The van der Waals surface area contributed by atoms with E-state index in [0.29, 0.717) is 10.9 Å². The molecular weight excluding hydrogens is 269 g/mol. The molecule has 0 bridgehead atoms. The van der Waals surface area contributed by atoms with E-state index in [1.807, 2.05) is 0 Å². The van der Waals surface area contributed by atoms with Gasteiger partial charge in [0.05, 0.1) is 10.6 Å². The molecule has 20 heavy (non-hydrogen) atoms. The SMILES string of the molecule is Cc1ccc(-c2sc(C(C)F)nc2C2CCCC2)cc1. The Morgan fingerprint density at radius 1 is 1.20 bits per heavy atom. The third kappa shape index (κ3) is 2.64. The van der Waals surface area contributed by atoms with E-state index < -0.39 is 6.17 Å². The van der Waals surface area contributed by atoms with Gasteiger partial charge in [0.25, 0.3) is 0 Å². The Morgan fingerprint density at radius 3 is 2.45 bits per heavy atom. The number of benzene rings is 1. The van der Waals surface area contributed by atoms with Crippen LogP contribution in [0, 0.1) is 6.92 Å². The Kier molecular flexibility index (Phi) is 3.88. The predicted molar refractivity (Wildman–Crippen MR) is 83.0 cm³/mol. The molecule has 0 radical (unpaired) electrons. The van der Waals surface area contributed by atoms with Gasteiger partial charge in [0.15, 0.2) is 0 Å². The Hall–Kier alpha value is -1.22. The smallest absolute Gasteiger partial charge is 0.149 e. The Balaban J connectivity index is 2.05. The Labute approximate surface area is 123 Å². The van der Waals surface area contributed by atoms with E-state index in [2.05, 4.69) is 36.2 Å². The van der Waals surface area contributed by atoms with Gasteiger partial charge in [-0.05, 0) is 32.3 Å². The van der Waals surface area contributed by atoms with Crippen molar-refractivity contribution in [2.24, 2.45) is 0 Å². The summed E-state index contributed by atoms with van der Waals surface area (Å²) in [6, 6.07) is 8.50. The van der Waals surface area contributed by atoms with Crippen LogP contribution in [-0.4, -0.2) is 4.98 Å². The van der Waals surface area contributed by atoms with Gasteiger partial charge in [-0.1, -0.05) is 42.7 Å². The number of aryl methyl sites for hydroxylation is 1. The predicted octanol–water partition coefficient (Wildman–Crippen LogP) is 5.81. The minimum absolute atomic E-state index is 0.523. The van der Waals surface area contributed by atoms with Crippen LogP contribution in [0.5, 0.6) is 0 Å². The summed E-state index contributed by atoms with van der Waals surface area (Å²) >= 11 is 1.53. The summed E-state index contributed by atoms with van der Waals surface area (Å²) in [6.07, 6.45) is 3.97. The van der Waals surface area contributed by atoms with Gasteiger partial charge in [0.1, 0.15) is 11.2 Å². The van der Waals surface area contributed by atoms with Gasteiger partial charge in [-0.15, -0.1) is 11.3 Å². The zero-order valence-electron chi connectivity index (χ0n) is 12.0. The molecule has 0 N–H and O–H groups in total. The fourth-order valence-corrected chi connectivity index (χ4v) is 3.99. The van der Waals surface area contributed by atoms with Crippen LogP contribution in [0.25, 0.3) is 10.4 Å². The minimum atomic E-state index is -0.973. The average Bonchev–Trinajstić information content (AvgIpc) is 3.08. The Morgan fingerprint density at radius 2 is 1.85 bits per heavy atom. The molecule has 2 aromatic rings. The zero-order chi connectivity index (χ0) is 14.1. The molecule has 0 aliphatic heterocycles. The summed E-state index contributed by atoms with van der Waals surface area (Å²) in [5, 5.41) is 0.627. The summed E-state index contributed by atoms with van der Waals surface area (Å²) in [4.78, 5) is 5.81. The third-order valence-electron chi connectivity index (χ3n) is 4.07. The van der Waals surface area contributed by atoms with Crippen LogP contribution >= 0.6 is 11.3 Å². The van der Waals surface area contributed by atoms with Crippen molar-refractivity contribution >= 4 is 11.3 Å². The first-order valence-corrected chi connectivity index (χ1v) is 8.18. The molecule has 1 nitrogen and oxygen atoms in total. The van der Waals surface area contributed by atoms with E-state index in [1.165, 1.54) is 53.0 Å². The first-order valence-electron chi connectivity index (χ1n) is 7.37. The van der Waals surface area contributed by atoms with E-state index >= 15 is 0 Å². The van der Waals surface area contributed by atoms with E-state index in [9.17, 15) is 4.39 Å². The first-order chi connectivity index (χ1) is 9.65. The van der Waals surface area contributed by atoms with Crippen molar-refractivity contribution in [3.63, 3.8) is 0 Å². The highest BCUT2D eigenvalue weighted by Crippen LogP contribution is 2.43. The lowest BCUT2D eigenvalue weighted by Gasteiger charge is -2.09. The van der Waals surface area contributed by atoms with Crippen molar-refractivity contribution in [1.82, 2.24) is 4.98 Å². The first kappa shape index (κ1) is 13.7. The summed E-state index contributed by atoms with van der Waals surface area (Å²) in [5.74, 6) is 0.523. The van der Waals surface area contributed by atoms with Crippen molar-refractivity contribution in [3.8, 4) is 10.4 Å². The van der Waals surface area contributed by atoms with Gasteiger partial charge in [-0.3, -0.25) is 0 Å². The van der Waals surface area contributed by atoms with E-state index in [0.717, 1.165) is 5.69 Å². The molecule has 0 amide bonds. The molecule has 1 aromatic heterocycles. The second-order valence-corrected chi connectivity index (χ2v) is 6.76. The second kappa shape index (κ2) is 5.65. The van der Waals surface area contributed by atoms with Crippen LogP contribution in [0.3, 0.4) is 0 Å². The summed E-state index contributed by atoms with van der Waals surface area (Å²) < 4.78 is 13.6. The van der Waals surface area contributed by atoms with Crippen LogP contribution < -0.4 is 0 Å². The number of halogens is 1. The standard InChI is InChI=1S/C17H20FNS/c1-11-7-9-14(10-8-11)16-15(13-5-3-4-6-13)19-17(20-16)12(2)18/h7-10,12-13H,3-6H2,1-2H3. The molecule has 0 saturated heterocycles. The van der Waals surface area contributed by atoms with Gasteiger partial charge in [0, 0.05) is 5.92 Å². The fraction of sp³-hybridized carbons (Fsp3) is 0.471. The Bertz CT molecular complexity index is 580. The maximum atomic E-state index is 13.6. The number of rotatable bonds is 3. The van der Waals surface area contributed by atoms with Crippen molar-refractivity contribution in [2.75, 3.05) is 0 Å². The number of hydrogen-bond acceptors (Lipinski definition) is 2. The molecule has 3 rings (SSSR count). The number of aromatic nitrogens is 1. The monoisotopic (exact) mass is 289 g/mol. The van der Waals surface area contributed by atoms with Crippen molar-refractivity contribution in [2.45, 2.75) is 51.6 Å². The van der Waals surface area contributed by atoms with Crippen LogP contribution in [0.15, 0.2) is 24.3 Å². The molecule has 1 atom stereocenters. The lowest BCUT2D eigenvalue weighted by molar-refractivity contribution is 0.372. The molecule has 3 heteroatoms. The quantitative estimate of drug-likeness (QED) is 0.695.